The Morgan fingerprint density at radius 3 is 1.97 bits per heavy atom. The van der Waals surface area contributed by atoms with E-state index in [0.717, 1.165) is 0 Å². The number of hydrogen-bond acceptors (Lipinski definition) is 4. The van der Waals surface area contributed by atoms with Gasteiger partial charge >= 0.3 is 18.0 Å². The van der Waals surface area contributed by atoms with Crippen molar-refractivity contribution in [3.8, 4) is 0 Å². The average Bonchev–Trinajstić information content (AvgIpc) is 2.56. The molecule has 162 valence electrons. The van der Waals surface area contributed by atoms with Crippen molar-refractivity contribution in [1.29, 1.82) is 0 Å². The maximum Gasteiger partial charge on any atom is 0.335 e. The maximum atomic E-state index is 12.8. The summed E-state index contributed by atoms with van der Waals surface area (Å²) in [6, 6.07) is 5.36. The topological polar surface area (TPSA) is 105 Å². The fraction of sp³-hybridized carbons (Fsp3) is 0.591. The third-order valence-electron chi connectivity index (χ3n) is 5.00. The standard InChI is InChI=1S/C22H34N2O5/c1-20(2,3)14-22(7,21(4,5)6)18(27)29-13-12-23-19(28)24-16-10-8-15(9-11-16)17(25)26/h8-11H,12-14H2,1-7H3,(H,25,26)(H2,23,24,28). The molecule has 1 rings (SSSR count). The predicted molar refractivity (Wildman–Crippen MR) is 113 cm³/mol. The minimum absolute atomic E-state index is 0.0324. The van der Waals surface area contributed by atoms with Crippen LogP contribution in [0.2, 0.25) is 0 Å². The molecule has 7 heteroatoms. The van der Waals surface area contributed by atoms with Gasteiger partial charge in [-0.15, -0.1) is 0 Å². The van der Waals surface area contributed by atoms with Gasteiger partial charge in [0, 0.05) is 5.69 Å². The Morgan fingerprint density at radius 2 is 1.52 bits per heavy atom. The first-order valence-electron chi connectivity index (χ1n) is 9.71. The lowest BCUT2D eigenvalue weighted by atomic mass is 9.61. The monoisotopic (exact) mass is 406 g/mol. The molecule has 0 aromatic heterocycles. The third-order valence-corrected chi connectivity index (χ3v) is 5.00. The second-order valence-electron chi connectivity index (χ2n) is 9.72. The fourth-order valence-corrected chi connectivity index (χ4v) is 3.04. The number of carboxylic acids is 1. The molecule has 1 atom stereocenters. The lowest BCUT2D eigenvalue weighted by Gasteiger charge is -2.43. The minimum Gasteiger partial charge on any atom is -0.478 e. The molecule has 1 unspecified atom stereocenters. The van der Waals surface area contributed by atoms with Crippen LogP contribution in [0.15, 0.2) is 24.3 Å². The minimum atomic E-state index is -1.03. The highest BCUT2D eigenvalue weighted by Gasteiger charge is 2.47. The Kier molecular flexibility index (Phi) is 7.83. The van der Waals surface area contributed by atoms with Gasteiger partial charge in [0.15, 0.2) is 0 Å². The van der Waals surface area contributed by atoms with Crippen molar-refractivity contribution in [2.45, 2.75) is 54.9 Å². The molecule has 0 saturated heterocycles. The summed E-state index contributed by atoms with van der Waals surface area (Å²) in [6.45, 7) is 14.5. The summed E-state index contributed by atoms with van der Waals surface area (Å²) in [5.74, 6) is -1.30. The molecule has 0 aliphatic carbocycles. The van der Waals surface area contributed by atoms with Gasteiger partial charge in [-0.3, -0.25) is 4.79 Å². The van der Waals surface area contributed by atoms with E-state index in [0.29, 0.717) is 12.1 Å². The summed E-state index contributed by atoms with van der Waals surface area (Å²) in [5.41, 5.74) is -0.353. The van der Waals surface area contributed by atoms with Crippen LogP contribution >= 0.6 is 0 Å². The summed E-state index contributed by atoms with van der Waals surface area (Å²) >= 11 is 0. The largest absolute Gasteiger partial charge is 0.478 e. The van der Waals surface area contributed by atoms with Gasteiger partial charge in [0.05, 0.1) is 17.5 Å². The maximum absolute atomic E-state index is 12.8. The number of anilines is 1. The molecule has 0 saturated carbocycles. The van der Waals surface area contributed by atoms with E-state index in [2.05, 4.69) is 31.4 Å². The number of carbonyl (C=O) groups is 3. The number of carboxylic acid groups (broad SMARTS) is 1. The number of aromatic carboxylic acids is 1. The fourth-order valence-electron chi connectivity index (χ4n) is 3.04. The smallest absolute Gasteiger partial charge is 0.335 e. The average molecular weight is 407 g/mol. The first-order chi connectivity index (χ1) is 13.2. The Morgan fingerprint density at radius 1 is 0.966 bits per heavy atom. The number of esters is 1. The van der Waals surface area contributed by atoms with Gasteiger partial charge in [-0.05, 0) is 48.4 Å². The van der Waals surface area contributed by atoms with E-state index in [9.17, 15) is 14.4 Å². The molecule has 0 radical (unpaired) electrons. The van der Waals surface area contributed by atoms with Crippen molar-refractivity contribution in [3.05, 3.63) is 29.8 Å². The molecule has 7 nitrogen and oxygen atoms in total. The molecule has 0 spiro atoms. The van der Waals surface area contributed by atoms with Crippen LogP contribution in [0.25, 0.3) is 0 Å². The highest BCUT2D eigenvalue weighted by molar-refractivity contribution is 5.91. The van der Waals surface area contributed by atoms with E-state index in [1.165, 1.54) is 24.3 Å². The molecule has 0 heterocycles. The van der Waals surface area contributed by atoms with Crippen LogP contribution in [0.1, 0.15) is 65.2 Å². The first-order valence-corrected chi connectivity index (χ1v) is 9.71. The third kappa shape index (κ3) is 7.40. The van der Waals surface area contributed by atoms with E-state index >= 15 is 0 Å². The molecule has 3 N–H and O–H groups in total. The number of ether oxygens (including phenoxy) is 1. The number of nitrogens with one attached hydrogen (secondary N) is 2. The molecular weight excluding hydrogens is 372 g/mol. The Bertz CT molecular complexity index is 729. The lowest BCUT2D eigenvalue weighted by molar-refractivity contribution is -0.164. The zero-order valence-electron chi connectivity index (χ0n) is 18.5. The van der Waals surface area contributed by atoms with Crippen molar-refractivity contribution in [1.82, 2.24) is 5.32 Å². The van der Waals surface area contributed by atoms with Crippen molar-refractivity contribution in [3.63, 3.8) is 0 Å². The van der Waals surface area contributed by atoms with E-state index in [1.54, 1.807) is 0 Å². The van der Waals surface area contributed by atoms with Gasteiger partial charge in [-0.1, -0.05) is 41.5 Å². The SMILES string of the molecule is CC(C)(C)CC(C)(C(=O)OCCNC(=O)Nc1ccc(C(=O)O)cc1)C(C)(C)C. The van der Waals surface area contributed by atoms with Crippen molar-refractivity contribution < 1.29 is 24.2 Å². The van der Waals surface area contributed by atoms with Crippen LogP contribution in [0.3, 0.4) is 0 Å². The Balaban J connectivity index is 2.54. The summed E-state index contributed by atoms with van der Waals surface area (Å²) in [7, 11) is 0. The van der Waals surface area contributed by atoms with Crippen LogP contribution in [-0.4, -0.2) is 36.2 Å². The zero-order chi connectivity index (χ0) is 22.5. The van der Waals surface area contributed by atoms with E-state index in [1.807, 2.05) is 27.7 Å². The molecule has 0 fully saturated rings. The predicted octanol–water partition coefficient (Wildman–Crippen LogP) is 4.54. The summed E-state index contributed by atoms with van der Waals surface area (Å²) in [6.07, 6.45) is 0.683. The van der Waals surface area contributed by atoms with Crippen molar-refractivity contribution >= 4 is 23.7 Å². The van der Waals surface area contributed by atoms with Gasteiger partial charge in [0.2, 0.25) is 0 Å². The van der Waals surface area contributed by atoms with Crippen molar-refractivity contribution in [2.75, 3.05) is 18.5 Å². The van der Waals surface area contributed by atoms with Gasteiger partial charge < -0.3 is 20.5 Å². The number of hydrogen-bond donors (Lipinski definition) is 3. The Hall–Kier alpha value is -2.57. The molecule has 0 aliphatic rings. The lowest BCUT2D eigenvalue weighted by Crippen LogP contribution is -2.45. The molecule has 2 amide bonds. The van der Waals surface area contributed by atoms with Gasteiger partial charge in [-0.2, -0.15) is 0 Å². The van der Waals surface area contributed by atoms with Crippen LogP contribution < -0.4 is 10.6 Å². The van der Waals surface area contributed by atoms with Crippen LogP contribution in [0.4, 0.5) is 10.5 Å². The molecule has 1 aromatic rings. The normalized spacial score (nSPS) is 13.9. The van der Waals surface area contributed by atoms with E-state index in [4.69, 9.17) is 9.84 Å². The van der Waals surface area contributed by atoms with Crippen LogP contribution in [0.5, 0.6) is 0 Å². The highest BCUT2D eigenvalue weighted by Crippen LogP contribution is 2.47. The second-order valence-corrected chi connectivity index (χ2v) is 9.72. The van der Waals surface area contributed by atoms with E-state index in [-0.39, 0.29) is 35.5 Å². The van der Waals surface area contributed by atoms with Crippen LogP contribution in [0, 0.1) is 16.2 Å². The van der Waals surface area contributed by atoms with Gasteiger partial charge in [0.25, 0.3) is 0 Å². The highest BCUT2D eigenvalue weighted by atomic mass is 16.5. The van der Waals surface area contributed by atoms with Crippen LogP contribution in [-0.2, 0) is 9.53 Å². The van der Waals surface area contributed by atoms with Gasteiger partial charge in [-0.25, -0.2) is 9.59 Å². The number of carbonyl (C=O) groups excluding carboxylic acids is 2. The molecule has 29 heavy (non-hydrogen) atoms. The Labute approximate surface area is 173 Å². The number of benzene rings is 1. The number of rotatable bonds is 7. The quantitative estimate of drug-likeness (QED) is 0.455. The number of amides is 2. The second kappa shape index (κ2) is 9.29. The van der Waals surface area contributed by atoms with Gasteiger partial charge in [0.1, 0.15) is 6.61 Å². The number of urea groups is 1. The zero-order valence-corrected chi connectivity index (χ0v) is 18.5. The molecular formula is C22H34N2O5. The van der Waals surface area contributed by atoms with Crippen molar-refractivity contribution in [2.24, 2.45) is 16.2 Å². The molecule has 1 aromatic carbocycles. The molecule has 0 bridgehead atoms. The molecule has 0 aliphatic heterocycles. The summed E-state index contributed by atoms with van der Waals surface area (Å²) in [5, 5.41) is 14.1. The summed E-state index contributed by atoms with van der Waals surface area (Å²) in [4.78, 5) is 35.6. The summed E-state index contributed by atoms with van der Waals surface area (Å²) < 4.78 is 5.48. The van der Waals surface area contributed by atoms with E-state index < -0.39 is 17.4 Å². The first kappa shape index (κ1) is 24.5.